The third-order valence-electron chi connectivity index (χ3n) is 5.99. The molecule has 0 aliphatic carbocycles. The molecule has 11 nitrogen and oxygen atoms in total. The molecule has 0 fully saturated rings. The zero-order valence-corrected chi connectivity index (χ0v) is 21.0. The third kappa shape index (κ3) is 4.75. The summed E-state index contributed by atoms with van der Waals surface area (Å²) in [5.74, 6) is -0.352. The number of hydrogen-bond donors (Lipinski definition) is 0. The number of hydrogen-bond acceptors (Lipinski definition) is 8. The first-order valence-electron chi connectivity index (χ1n) is 12.3. The largest absolute Gasteiger partial charge is 0.462 e. The Labute approximate surface area is 216 Å². The van der Waals surface area contributed by atoms with Crippen LogP contribution in [0.25, 0.3) is 16.7 Å². The van der Waals surface area contributed by atoms with Crippen LogP contribution >= 0.6 is 0 Å². The molecule has 4 aromatic rings. The number of nitrogens with zero attached hydrogens (tertiary/aromatic N) is 4. The standard InChI is InChI=1S/C27H26N4O7/c1-3-35-13-7-12-31-23-18(26(33)30-11-6-5-8-22(30)28-23)15-19(27(34)36-4-2)24(31)29-25(32)17-9-10-20-21(14-17)38-16-37-20/h5-6,8-11,14-15H,3-4,7,12-13,16H2,1-2H3. The lowest BCUT2D eigenvalue weighted by atomic mass is 10.1. The van der Waals surface area contributed by atoms with Gasteiger partial charge in [0.15, 0.2) is 17.0 Å². The van der Waals surface area contributed by atoms with Crippen molar-refractivity contribution in [2.24, 2.45) is 4.99 Å². The second-order valence-electron chi connectivity index (χ2n) is 8.37. The van der Waals surface area contributed by atoms with Crippen LogP contribution in [0.15, 0.2) is 58.4 Å². The van der Waals surface area contributed by atoms with Crippen LogP contribution in [-0.4, -0.2) is 52.4 Å². The molecule has 0 unspecified atom stereocenters. The number of ether oxygens (including phenoxy) is 4. The highest BCUT2D eigenvalue weighted by molar-refractivity contribution is 5.97. The molecule has 4 heterocycles. The summed E-state index contributed by atoms with van der Waals surface area (Å²) in [4.78, 5) is 48.9. The predicted molar refractivity (Wildman–Crippen MR) is 136 cm³/mol. The minimum absolute atomic E-state index is 0.0142. The van der Waals surface area contributed by atoms with Crippen LogP contribution < -0.4 is 20.5 Å². The van der Waals surface area contributed by atoms with Gasteiger partial charge in [0, 0.05) is 31.5 Å². The van der Waals surface area contributed by atoms with E-state index < -0.39 is 11.9 Å². The molecule has 38 heavy (non-hydrogen) atoms. The fourth-order valence-corrected chi connectivity index (χ4v) is 4.23. The number of pyridine rings is 2. The lowest BCUT2D eigenvalue weighted by Crippen LogP contribution is -2.33. The molecule has 3 aromatic heterocycles. The van der Waals surface area contributed by atoms with Crippen LogP contribution in [0.5, 0.6) is 11.5 Å². The van der Waals surface area contributed by atoms with E-state index in [1.54, 1.807) is 48.0 Å². The summed E-state index contributed by atoms with van der Waals surface area (Å²) >= 11 is 0. The highest BCUT2D eigenvalue weighted by atomic mass is 16.7. The normalized spacial score (nSPS) is 12.8. The Morgan fingerprint density at radius 1 is 1.08 bits per heavy atom. The van der Waals surface area contributed by atoms with Crippen molar-refractivity contribution >= 4 is 28.6 Å². The van der Waals surface area contributed by atoms with Gasteiger partial charge in [-0.05, 0) is 56.7 Å². The number of amides is 1. The average molecular weight is 519 g/mol. The highest BCUT2D eigenvalue weighted by Crippen LogP contribution is 2.32. The first-order chi connectivity index (χ1) is 18.5. The molecule has 0 bridgehead atoms. The molecule has 11 heteroatoms. The smallest absolute Gasteiger partial charge is 0.341 e. The summed E-state index contributed by atoms with van der Waals surface area (Å²) in [6.45, 7) is 4.99. The number of aromatic nitrogens is 3. The van der Waals surface area contributed by atoms with Gasteiger partial charge in [0.25, 0.3) is 11.5 Å². The van der Waals surface area contributed by atoms with Crippen molar-refractivity contribution in [1.29, 1.82) is 0 Å². The molecule has 1 aliphatic heterocycles. The predicted octanol–water partition coefficient (Wildman–Crippen LogP) is 2.72. The van der Waals surface area contributed by atoms with Crippen molar-refractivity contribution in [2.75, 3.05) is 26.6 Å². The molecule has 1 aromatic carbocycles. The van der Waals surface area contributed by atoms with Gasteiger partial charge in [-0.1, -0.05) is 6.07 Å². The molecular formula is C27H26N4O7. The van der Waals surface area contributed by atoms with Crippen LogP contribution in [-0.2, 0) is 16.0 Å². The van der Waals surface area contributed by atoms with Crippen molar-refractivity contribution in [3.63, 3.8) is 0 Å². The minimum Gasteiger partial charge on any atom is -0.462 e. The van der Waals surface area contributed by atoms with Crippen LogP contribution in [0, 0.1) is 0 Å². The van der Waals surface area contributed by atoms with Crippen molar-refractivity contribution in [3.8, 4) is 11.5 Å². The van der Waals surface area contributed by atoms with E-state index >= 15 is 0 Å². The van der Waals surface area contributed by atoms with Gasteiger partial charge < -0.3 is 23.5 Å². The number of esters is 1. The zero-order chi connectivity index (χ0) is 26.6. The van der Waals surface area contributed by atoms with Gasteiger partial charge in [0.05, 0.1) is 12.0 Å². The van der Waals surface area contributed by atoms with Crippen molar-refractivity contribution in [1.82, 2.24) is 14.0 Å². The third-order valence-corrected chi connectivity index (χ3v) is 5.99. The number of benzene rings is 1. The number of rotatable bonds is 8. The molecule has 196 valence electrons. The Hall–Kier alpha value is -4.51. The van der Waals surface area contributed by atoms with Crippen LogP contribution in [0.1, 0.15) is 41.0 Å². The topological polar surface area (TPSA) is 123 Å². The van der Waals surface area contributed by atoms with Gasteiger partial charge in [0.1, 0.15) is 16.9 Å². The summed E-state index contributed by atoms with van der Waals surface area (Å²) in [6.07, 6.45) is 2.13. The Morgan fingerprint density at radius 2 is 1.92 bits per heavy atom. The minimum atomic E-state index is -0.706. The van der Waals surface area contributed by atoms with E-state index in [0.717, 1.165) is 0 Å². The highest BCUT2D eigenvalue weighted by Gasteiger charge is 2.21. The molecule has 0 spiro atoms. The fourth-order valence-electron chi connectivity index (χ4n) is 4.23. The number of fused-ring (bicyclic) bond motifs is 3. The van der Waals surface area contributed by atoms with E-state index in [-0.39, 0.29) is 47.5 Å². The Kier molecular flexibility index (Phi) is 7.18. The van der Waals surface area contributed by atoms with Crippen molar-refractivity contribution in [2.45, 2.75) is 26.8 Å². The summed E-state index contributed by atoms with van der Waals surface area (Å²) in [5, 5.41) is 0.197. The lowest BCUT2D eigenvalue weighted by Gasteiger charge is -2.15. The van der Waals surface area contributed by atoms with Gasteiger partial charge >= 0.3 is 5.97 Å². The van der Waals surface area contributed by atoms with E-state index in [1.807, 2.05) is 6.92 Å². The monoisotopic (exact) mass is 518 g/mol. The Bertz CT molecular complexity index is 1670. The molecule has 0 N–H and O–H groups in total. The van der Waals surface area contributed by atoms with E-state index in [9.17, 15) is 14.4 Å². The maximum atomic E-state index is 13.4. The molecule has 5 rings (SSSR count). The van der Waals surface area contributed by atoms with Crippen LogP contribution in [0.4, 0.5) is 0 Å². The van der Waals surface area contributed by atoms with Gasteiger partial charge in [0.2, 0.25) is 6.79 Å². The SMILES string of the molecule is CCOCCCn1c(=NC(=O)c2ccc3c(c2)OCO3)c(C(=O)OCC)cc2c(=O)n3ccccc3nc21. The first-order valence-corrected chi connectivity index (χ1v) is 12.3. The number of carbonyl (C=O) groups is 2. The number of aryl methyl sites for hydroxylation is 1. The number of carbonyl (C=O) groups excluding carboxylic acids is 2. The second kappa shape index (κ2) is 10.9. The van der Waals surface area contributed by atoms with E-state index in [1.165, 1.54) is 16.5 Å². The van der Waals surface area contributed by atoms with Crippen LogP contribution in [0.2, 0.25) is 0 Å². The second-order valence-corrected chi connectivity index (χ2v) is 8.37. The van der Waals surface area contributed by atoms with E-state index in [4.69, 9.17) is 23.9 Å². The summed E-state index contributed by atoms with van der Waals surface area (Å²) in [6, 6.07) is 11.3. The van der Waals surface area contributed by atoms with E-state index in [0.29, 0.717) is 42.4 Å². The van der Waals surface area contributed by atoms with Gasteiger partial charge in [-0.3, -0.25) is 14.0 Å². The summed E-state index contributed by atoms with van der Waals surface area (Å²) in [7, 11) is 0. The maximum Gasteiger partial charge on any atom is 0.341 e. The van der Waals surface area contributed by atoms with E-state index in [2.05, 4.69) is 4.99 Å². The molecular weight excluding hydrogens is 492 g/mol. The van der Waals surface area contributed by atoms with Gasteiger partial charge in [-0.25, -0.2) is 9.78 Å². The van der Waals surface area contributed by atoms with Crippen molar-refractivity contribution in [3.05, 3.63) is 75.6 Å². The quantitative estimate of drug-likeness (QED) is 0.198. The first kappa shape index (κ1) is 25.2. The summed E-state index contributed by atoms with van der Waals surface area (Å²) < 4.78 is 24.5. The molecule has 1 aliphatic rings. The maximum absolute atomic E-state index is 13.4. The van der Waals surface area contributed by atoms with Gasteiger partial charge in [-0.2, -0.15) is 4.99 Å². The Balaban J connectivity index is 1.77. The molecule has 0 saturated heterocycles. The zero-order valence-electron chi connectivity index (χ0n) is 21.0. The molecule has 1 amide bonds. The lowest BCUT2D eigenvalue weighted by molar-refractivity contribution is 0.0523. The fraction of sp³-hybridized carbons (Fsp3) is 0.296. The summed E-state index contributed by atoms with van der Waals surface area (Å²) in [5.41, 5.74) is 0.630. The molecule has 0 saturated carbocycles. The Morgan fingerprint density at radius 3 is 2.74 bits per heavy atom. The molecule has 0 atom stereocenters. The average Bonchev–Trinajstić information content (AvgIpc) is 3.40. The van der Waals surface area contributed by atoms with Crippen molar-refractivity contribution < 1.29 is 28.5 Å². The van der Waals surface area contributed by atoms with Crippen LogP contribution in [0.3, 0.4) is 0 Å². The van der Waals surface area contributed by atoms with Gasteiger partial charge in [-0.15, -0.1) is 0 Å². The molecule has 0 radical (unpaired) electrons.